The molecule has 1 heteroatoms. The summed E-state index contributed by atoms with van der Waals surface area (Å²) >= 11 is 0. The van der Waals surface area contributed by atoms with Crippen LogP contribution in [-0.2, 0) is 0 Å². The van der Waals surface area contributed by atoms with E-state index < -0.39 is 0 Å². The summed E-state index contributed by atoms with van der Waals surface area (Å²) in [6.45, 7) is 8.25. The molecule has 0 aliphatic heterocycles. The first kappa shape index (κ1) is 11.0. The molecule has 0 aromatic heterocycles. The normalized spacial score (nSPS) is 11.4. The van der Waals surface area contributed by atoms with Crippen molar-refractivity contribution in [2.75, 3.05) is 0 Å². The Bertz CT molecular complexity index is 322. The average molecular weight is 200 g/mol. The molecule has 0 aliphatic carbocycles. The summed E-state index contributed by atoms with van der Waals surface area (Å²) < 4.78 is 0. The number of rotatable bonds is 4. The molecule has 0 spiro atoms. The van der Waals surface area contributed by atoms with Crippen LogP contribution in [0.3, 0.4) is 0 Å². The maximum Gasteiger partial charge on any atom is 0.121 e. The van der Waals surface area contributed by atoms with Gasteiger partial charge in [-0.25, -0.2) is 0 Å². The second-order valence-electron chi connectivity index (χ2n) is 3.30. The van der Waals surface area contributed by atoms with E-state index in [1.54, 1.807) is 0 Å². The molecule has 1 aromatic rings. The van der Waals surface area contributed by atoms with Crippen molar-refractivity contribution in [1.82, 2.24) is 0 Å². The lowest BCUT2D eigenvalue weighted by Gasteiger charge is -2.05. The standard InChI is InChI=1S/C13H16Si/c1-4-8-13(11(2)3)14-12-9-6-5-7-10-12/h5-10H,2,4H2,1,3H3/b13-8+. The van der Waals surface area contributed by atoms with E-state index in [-0.39, 0.29) is 0 Å². The molecule has 0 nitrogen and oxygen atoms in total. The van der Waals surface area contributed by atoms with Crippen LogP contribution in [-0.4, -0.2) is 9.52 Å². The molecule has 2 radical (unpaired) electrons. The molecule has 0 saturated carbocycles. The first-order valence-corrected chi connectivity index (χ1v) is 5.92. The number of allylic oxidation sites excluding steroid dienone is 3. The fourth-order valence-electron chi connectivity index (χ4n) is 1.21. The fraction of sp³-hybridized carbons (Fsp3) is 0.231. The molecule has 0 bridgehead atoms. The van der Waals surface area contributed by atoms with Gasteiger partial charge in [0, 0.05) is 0 Å². The van der Waals surface area contributed by atoms with Crippen LogP contribution in [0.5, 0.6) is 0 Å². The van der Waals surface area contributed by atoms with E-state index in [1.165, 1.54) is 16.0 Å². The van der Waals surface area contributed by atoms with Gasteiger partial charge >= 0.3 is 0 Å². The van der Waals surface area contributed by atoms with E-state index >= 15 is 0 Å². The molecule has 1 rings (SSSR count). The number of hydrogen-bond donors (Lipinski definition) is 0. The van der Waals surface area contributed by atoms with Crippen LogP contribution in [0.25, 0.3) is 0 Å². The first-order chi connectivity index (χ1) is 6.74. The minimum Gasteiger partial charge on any atom is -0.0962 e. The Balaban J connectivity index is 2.76. The Morgan fingerprint density at radius 2 is 2.00 bits per heavy atom. The van der Waals surface area contributed by atoms with Gasteiger partial charge in [0.1, 0.15) is 9.52 Å². The van der Waals surface area contributed by atoms with Gasteiger partial charge in [0.05, 0.1) is 0 Å². The van der Waals surface area contributed by atoms with Crippen LogP contribution in [0, 0.1) is 0 Å². The summed E-state index contributed by atoms with van der Waals surface area (Å²) in [5.74, 6) is 0. The molecule has 14 heavy (non-hydrogen) atoms. The fourth-order valence-corrected chi connectivity index (χ4v) is 2.40. The summed E-state index contributed by atoms with van der Waals surface area (Å²) in [6, 6.07) is 10.6. The van der Waals surface area contributed by atoms with Crippen LogP contribution in [0.15, 0.2) is 53.8 Å². The maximum atomic E-state index is 4.01. The van der Waals surface area contributed by atoms with Crippen molar-refractivity contribution in [2.45, 2.75) is 20.3 Å². The predicted octanol–water partition coefficient (Wildman–Crippen LogP) is 2.89. The average Bonchev–Trinajstić information content (AvgIpc) is 2.18. The highest BCUT2D eigenvalue weighted by molar-refractivity contribution is 6.62. The lowest BCUT2D eigenvalue weighted by molar-refractivity contribution is 1.21. The summed E-state index contributed by atoms with van der Waals surface area (Å²) in [5.41, 5.74) is 1.19. The second-order valence-corrected chi connectivity index (χ2v) is 4.66. The molecule has 1 aromatic carbocycles. The van der Waals surface area contributed by atoms with Crippen LogP contribution in [0.1, 0.15) is 20.3 Å². The van der Waals surface area contributed by atoms with E-state index in [2.05, 4.69) is 56.8 Å². The highest BCUT2D eigenvalue weighted by Gasteiger charge is 2.00. The smallest absolute Gasteiger partial charge is 0.0962 e. The molecule has 0 saturated heterocycles. The van der Waals surface area contributed by atoms with Gasteiger partial charge in [0.2, 0.25) is 0 Å². The topological polar surface area (TPSA) is 0 Å². The Kier molecular flexibility index (Phi) is 4.40. The van der Waals surface area contributed by atoms with E-state index in [1.807, 2.05) is 0 Å². The monoisotopic (exact) mass is 200 g/mol. The Morgan fingerprint density at radius 3 is 2.50 bits per heavy atom. The zero-order valence-electron chi connectivity index (χ0n) is 8.88. The Hall–Kier alpha value is -1.08. The minimum absolute atomic E-state index is 0.744. The summed E-state index contributed by atoms with van der Waals surface area (Å²) in [4.78, 5) is 0. The van der Waals surface area contributed by atoms with Crippen molar-refractivity contribution >= 4 is 14.7 Å². The molecular weight excluding hydrogens is 184 g/mol. The van der Waals surface area contributed by atoms with Crippen molar-refractivity contribution in [3.63, 3.8) is 0 Å². The van der Waals surface area contributed by atoms with Gasteiger partial charge < -0.3 is 0 Å². The molecule has 0 N–H and O–H groups in total. The van der Waals surface area contributed by atoms with Gasteiger partial charge in [-0.15, -0.1) is 0 Å². The van der Waals surface area contributed by atoms with Gasteiger partial charge in [-0.2, -0.15) is 0 Å². The molecule has 72 valence electrons. The van der Waals surface area contributed by atoms with Crippen LogP contribution >= 0.6 is 0 Å². The molecular formula is C13H16Si. The molecule has 0 atom stereocenters. The van der Waals surface area contributed by atoms with Crippen molar-refractivity contribution in [3.05, 3.63) is 53.8 Å². The van der Waals surface area contributed by atoms with Gasteiger partial charge in [-0.1, -0.05) is 65.9 Å². The first-order valence-electron chi connectivity index (χ1n) is 4.92. The quantitative estimate of drug-likeness (QED) is 0.518. The maximum absolute atomic E-state index is 4.01. The number of hydrogen-bond acceptors (Lipinski definition) is 0. The molecule has 0 heterocycles. The zero-order valence-corrected chi connectivity index (χ0v) is 9.88. The third kappa shape index (κ3) is 3.34. The molecule has 0 fully saturated rings. The van der Waals surface area contributed by atoms with Crippen molar-refractivity contribution in [2.24, 2.45) is 0 Å². The number of benzene rings is 1. The summed E-state index contributed by atoms with van der Waals surface area (Å²) in [7, 11) is 0.744. The van der Waals surface area contributed by atoms with Crippen LogP contribution in [0.4, 0.5) is 0 Å². The van der Waals surface area contributed by atoms with Crippen molar-refractivity contribution < 1.29 is 0 Å². The second kappa shape index (κ2) is 5.61. The molecule has 0 unspecified atom stereocenters. The Morgan fingerprint density at radius 1 is 1.36 bits per heavy atom. The van der Waals surface area contributed by atoms with Gasteiger partial charge in [0.25, 0.3) is 0 Å². The third-order valence-electron chi connectivity index (χ3n) is 1.92. The van der Waals surface area contributed by atoms with Gasteiger partial charge in [-0.05, 0) is 13.3 Å². The lowest BCUT2D eigenvalue weighted by atomic mass is 10.3. The third-order valence-corrected chi connectivity index (χ3v) is 3.44. The van der Waals surface area contributed by atoms with Gasteiger partial charge in [0.15, 0.2) is 0 Å². The van der Waals surface area contributed by atoms with E-state index in [4.69, 9.17) is 0 Å². The largest absolute Gasteiger partial charge is 0.121 e. The molecule has 0 aliphatic rings. The van der Waals surface area contributed by atoms with Gasteiger partial charge in [-0.3, -0.25) is 0 Å². The SMILES string of the molecule is C=C(C)/C(=C\CC)[Si]c1ccccc1. The highest BCUT2D eigenvalue weighted by atomic mass is 28.2. The molecule has 0 amide bonds. The van der Waals surface area contributed by atoms with E-state index in [0.29, 0.717) is 0 Å². The predicted molar refractivity (Wildman–Crippen MR) is 65.0 cm³/mol. The Labute approximate surface area is 89.2 Å². The minimum atomic E-state index is 0.744. The van der Waals surface area contributed by atoms with Crippen molar-refractivity contribution in [1.29, 1.82) is 0 Å². The van der Waals surface area contributed by atoms with E-state index in [0.717, 1.165) is 15.9 Å². The van der Waals surface area contributed by atoms with E-state index in [9.17, 15) is 0 Å². The summed E-state index contributed by atoms with van der Waals surface area (Å²) in [5, 5.41) is 2.77. The zero-order chi connectivity index (χ0) is 10.4. The summed E-state index contributed by atoms with van der Waals surface area (Å²) in [6.07, 6.45) is 3.36. The van der Waals surface area contributed by atoms with Crippen LogP contribution < -0.4 is 5.19 Å². The highest BCUT2D eigenvalue weighted by Crippen LogP contribution is 2.05. The van der Waals surface area contributed by atoms with Crippen molar-refractivity contribution in [3.8, 4) is 0 Å². The lowest BCUT2D eigenvalue weighted by Crippen LogP contribution is -2.16. The van der Waals surface area contributed by atoms with Crippen LogP contribution in [0.2, 0.25) is 0 Å².